The monoisotopic (exact) mass is 373 g/mol. The lowest BCUT2D eigenvalue weighted by molar-refractivity contribution is 0.0373. The maximum absolute atomic E-state index is 6.12. The minimum atomic E-state index is -2.01. The highest BCUT2D eigenvalue weighted by Gasteiger charge is 2.34. The molecule has 0 aromatic carbocycles. The smallest absolute Gasteiger partial charge is 0.337 e. The van der Waals surface area contributed by atoms with E-state index in [4.69, 9.17) is 18.3 Å². The average molecular weight is 374 g/mol. The van der Waals surface area contributed by atoms with Gasteiger partial charge in [0.05, 0.1) is 12.2 Å². The van der Waals surface area contributed by atoms with E-state index in [0.717, 1.165) is 64.6 Å². The van der Waals surface area contributed by atoms with Gasteiger partial charge in [0.25, 0.3) is 0 Å². The number of hydrogen-bond acceptors (Lipinski definition) is 5. The van der Waals surface area contributed by atoms with Gasteiger partial charge in [0.2, 0.25) is 0 Å². The van der Waals surface area contributed by atoms with Crippen LogP contribution in [-0.4, -0.2) is 71.7 Å². The molecule has 148 valence electrons. The summed E-state index contributed by atoms with van der Waals surface area (Å²) in [6, 6.07) is 2.12. The molecule has 2 saturated heterocycles. The van der Waals surface area contributed by atoms with Crippen LogP contribution in [0.25, 0.3) is 0 Å². The van der Waals surface area contributed by atoms with Crippen LogP contribution in [0.15, 0.2) is 0 Å². The summed E-state index contributed by atoms with van der Waals surface area (Å²) in [5.41, 5.74) is 0. The van der Waals surface area contributed by atoms with Crippen LogP contribution in [0.4, 0.5) is 0 Å². The van der Waals surface area contributed by atoms with Gasteiger partial charge in [-0.15, -0.1) is 0 Å². The first kappa shape index (κ1) is 21.3. The fourth-order valence-corrected chi connectivity index (χ4v) is 6.96. The Labute approximate surface area is 155 Å². The minimum Gasteiger partial charge on any atom is -0.394 e. The summed E-state index contributed by atoms with van der Waals surface area (Å²) in [4.78, 5) is 2.57. The molecular weight excluding hydrogens is 334 g/mol. The lowest BCUT2D eigenvalue weighted by Crippen LogP contribution is -2.43. The van der Waals surface area contributed by atoms with Crippen molar-refractivity contribution >= 4 is 8.56 Å². The van der Waals surface area contributed by atoms with Crippen LogP contribution in [0.5, 0.6) is 0 Å². The molecule has 0 bridgehead atoms. The third-order valence-electron chi connectivity index (χ3n) is 5.36. The van der Waals surface area contributed by atoms with E-state index in [9.17, 15) is 0 Å². The van der Waals surface area contributed by atoms with Crippen LogP contribution < -0.4 is 0 Å². The molecule has 0 saturated carbocycles. The van der Waals surface area contributed by atoms with Crippen LogP contribution in [0, 0.1) is 0 Å². The summed E-state index contributed by atoms with van der Waals surface area (Å²) < 4.78 is 24.0. The van der Waals surface area contributed by atoms with Gasteiger partial charge in [-0.2, -0.15) is 0 Å². The Morgan fingerprint density at radius 1 is 0.920 bits per heavy atom. The van der Waals surface area contributed by atoms with Crippen molar-refractivity contribution in [1.82, 2.24) is 4.90 Å². The van der Waals surface area contributed by atoms with E-state index < -0.39 is 8.56 Å². The largest absolute Gasteiger partial charge is 0.394 e. The molecule has 0 N–H and O–H groups in total. The molecular formula is C19H39NO4Si. The Morgan fingerprint density at radius 2 is 1.48 bits per heavy atom. The standard InChI is InChI=1S/C19H39NO4Si/c1-4-23-25(6-3,24-5-2)15-9-12-20(16-18-10-7-13-21-18)17-19-11-8-14-22-19/h18-19H,4-17H2,1-3H3. The number of nitrogens with zero attached hydrogens (tertiary/aromatic N) is 1. The first-order valence-electron chi connectivity index (χ1n) is 10.4. The third kappa shape index (κ3) is 7.27. The molecule has 2 heterocycles. The van der Waals surface area contributed by atoms with E-state index in [1.165, 1.54) is 25.7 Å². The first-order valence-corrected chi connectivity index (χ1v) is 12.7. The fourth-order valence-electron chi connectivity index (χ4n) is 4.07. The second kappa shape index (κ2) is 11.7. The van der Waals surface area contributed by atoms with Gasteiger partial charge >= 0.3 is 8.56 Å². The zero-order valence-corrected chi connectivity index (χ0v) is 17.6. The maximum Gasteiger partial charge on any atom is 0.337 e. The van der Waals surface area contributed by atoms with Crippen LogP contribution in [0.2, 0.25) is 12.1 Å². The molecule has 25 heavy (non-hydrogen) atoms. The molecule has 2 aliphatic heterocycles. The molecule has 0 aromatic heterocycles. The second-order valence-corrected chi connectivity index (χ2v) is 10.9. The molecule has 0 aromatic rings. The molecule has 2 unspecified atom stereocenters. The van der Waals surface area contributed by atoms with E-state index in [2.05, 4.69) is 25.7 Å². The van der Waals surface area contributed by atoms with Gasteiger partial charge < -0.3 is 18.3 Å². The SMILES string of the molecule is CCO[Si](CC)(CCCN(CC1CCCO1)CC1CCCO1)OCC. The second-order valence-electron chi connectivity index (χ2n) is 7.26. The highest BCUT2D eigenvalue weighted by atomic mass is 28.4. The van der Waals surface area contributed by atoms with Crippen molar-refractivity contribution < 1.29 is 18.3 Å². The van der Waals surface area contributed by atoms with E-state index in [1.54, 1.807) is 0 Å². The Hall–Kier alpha value is 0.0169. The van der Waals surface area contributed by atoms with Crippen LogP contribution in [-0.2, 0) is 18.3 Å². The molecule has 2 fully saturated rings. The summed E-state index contributed by atoms with van der Waals surface area (Å²) in [5.74, 6) is 0. The molecule has 6 heteroatoms. The van der Waals surface area contributed by atoms with E-state index >= 15 is 0 Å². The number of hydrogen-bond donors (Lipinski definition) is 0. The van der Waals surface area contributed by atoms with Crippen molar-refractivity contribution in [3.63, 3.8) is 0 Å². The Bertz CT molecular complexity index is 322. The third-order valence-corrected chi connectivity index (χ3v) is 9.18. The zero-order chi connectivity index (χ0) is 18.0. The summed E-state index contributed by atoms with van der Waals surface area (Å²) in [6.07, 6.45) is 6.78. The van der Waals surface area contributed by atoms with Crippen molar-refractivity contribution in [3.8, 4) is 0 Å². The highest BCUT2D eigenvalue weighted by molar-refractivity contribution is 6.67. The molecule has 0 radical (unpaired) electrons. The normalized spacial score (nSPS) is 24.5. The Morgan fingerprint density at radius 3 is 1.88 bits per heavy atom. The van der Waals surface area contributed by atoms with Gasteiger partial charge in [0.1, 0.15) is 0 Å². The molecule has 0 amide bonds. The quantitative estimate of drug-likeness (QED) is 0.462. The lowest BCUT2D eigenvalue weighted by Gasteiger charge is -2.31. The summed E-state index contributed by atoms with van der Waals surface area (Å²) in [7, 11) is -2.01. The van der Waals surface area contributed by atoms with Gasteiger partial charge in [0, 0.05) is 39.5 Å². The van der Waals surface area contributed by atoms with Crippen molar-refractivity contribution in [2.45, 2.75) is 77.2 Å². The zero-order valence-electron chi connectivity index (χ0n) is 16.6. The predicted molar refractivity (Wildman–Crippen MR) is 103 cm³/mol. The molecule has 0 spiro atoms. The molecule has 2 atom stereocenters. The highest BCUT2D eigenvalue weighted by Crippen LogP contribution is 2.23. The number of ether oxygens (including phenoxy) is 2. The Balaban J connectivity index is 1.83. The molecule has 0 aliphatic carbocycles. The van der Waals surface area contributed by atoms with Crippen LogP contribution >= 0.6 is 0 Å². The Kier molecular flexibility index (Phi) is 9.95. The van der Waals surface area contributed by atoms with Crippen LogP contribution in [0.3, 0.4) is 0 Å². The summed E-state index contributed by atoms with van der Waals surface area (Å²) in [5, 5.41) is 0. The van der Waals surface area contributed by atoms with Gasteiger partial charge in [-0.1, -0.05) is 6.92 Å². The van der Waals surface area contributed by atoms with Crippen LogP contribution in [0.1, 0.15) is 52.9 Å². The van der Waals surface area contributed by atoms with Crippen molar-refractivity contribution in [1.29, 1.82) is 0 Å². The van der Waals surface area contributed by atoms with Crippen molar-refractivity contribution in [2.24, 2.45) is 0 Å². The van der Waals surface area contributed by atoms with Crippen molar-refractivity contribution in [2.75, 3.05) is 46.1 Å². The molecule has 2 aliphatic rings. The van der Waals surface area contributed by atoms with E-state index in [1.807, 2.05) is 0 Å². The van der Waals surface area contributed by atoms with Gasteiger partial charge in [0.15, 0.2) is 0 Å². The van der Waals surface area contributed by atoms with Gasteiger partial charge in [-0.3, -0.25) is 4.90 Å². The average Bonchev–Trinajstić information content (AvgIpc) is 3.29. The predicted octanol–water partition coefficient (Wildman–Crippen LogP) is 3.57. The lowest BCUT2D eigenvalue weighted by atomic mass is 10.2. The van der Waals surface area contributed by atoms with Crippen molar-refractivity contribution in [3.05, 3.63) is 0 Å². The fraction of sp³-hybridized carbons (Fsp3) is 1.00. The summed E-state index contributed by atoms with van der Waals surface area (Å²) in [6.45, 7) is 12.9. The van der Waals surface area contributed by atoms with Gasteiger partial charge in [-0.25, -0.2) is 0 Å². The molecule has 5 nitrogen and oxygen atoms in total. The van der Waals surface area contributed by atoms with E-state index in [-0.39, 0.29) is 0 Å². The minimum absolute atomic E-state index is 0.411. The van der Waals surface area contributed by atoms with Gasteiger partial charge in [-0.05, 0) is 64.6 Å². The number of rotatable bonds is 13. The maximum atomic E-state index is 6.12. The summed E-state index contributed by atoms with van der Waals surface area (Å²) >= 11 is 0. The topological polar surface area (TPSA) is 40.2 Å². The first-order chi connectivity index (χ1) is 12.2. The van der Waals surface area contributed by atoms with E-state index in [0.29, 0.717) is 12.2 Å². The molecule has 2 rings (SSSR count).